The van der Waals surface area contributed by atoms with Crippen molar-refractivity contribution in [1.82, 2.24) is 4.98 Å². The van der Waals surface area contributed by atoms with Crippen molar-refractivity contribution in [2.45, 2.75) is 45.5 Å². The number of pyridine rings is 1. The second-order valence-corrected chi connectivity index (χ2v) is 7.04. The highest BCUT2D eigenvalue weighted by Gasteiger charge is 2.42. The maximum Gasteiger partial charge on any atom is 0.254 e. The number of hydrogen-bond donors (Lipinski definition) is 1. The first-order valence-electron chi connectivity index (χ1n) is 8.23. The number of primary amides is 1. The van der Waals surface area contributed by atoms with Crippen molar-refractivity contribution in [2.75, 3.05) is 18.0 Å². The minimum Gasteiger partial charge on any atom is -0.365 e. The number of amides is 1. The predicted octanol–water partition coefficient (Wildman–Crippen LogP) is 2.79. The van der Waals surface area contributed by atoms with Crippen LogP contribution in [0.1, 0.15) is 48.3 Å². The summed E-state index contributed by atoms with van der Waals surface area (Å²) < 4.78 is 27.5. The molecule has 0 spiro atoms. The van der Waals surface area contributed by atoms with Gasteiger partial charge in [-0.15, -0.1) is 0 Å². The van der Waals surface area contributed by atoms with E-state index in [1.807, 2.05) is 6.07 Å². The van der Waals surface area contributed by atoms with Crippen LogP contribution in [-0.2, 0) is 12.8 Å². The first kappa shape index (κ1) is 16.1. The molecule has 1 aromatic rings. The van der Waals surface area contributed by atoms with Gasteiger partial charge in [0.05, 0.1) is 5.56 Å². The number of aromatic nitrogens is 1. The summed E-state index contributed by atoms with van der Waals surface area (Å²) in [4.78, 5) is 18.3. The van der Waals surface area contributed by atoms with Gasteiger partial charge in [0.2, 0.25) is 0 Å². The normalized spacial score (nSPS) is 26.7. The van der Waals surface area contributed by atoms with E-state index in [4.69, 9.17) is 5.73 Å². The molecule has 2 aliphatic rings. The summed E-state index contributed by atoms with van der Waals surface area (Å²) in [5.41, 5.74) is 7.92. The van der Waals surface area contributed by atoms with E-state index in [0.29, 0.717) is 17.3 Å². The summed E-state index contributed by atoms with van der Waals surface area (Å²) in [5.74, 6) is -2.95. The van der Waals surface area contributed by atoms with E-state index in [1.54, 1.807) is 4.90 Å². The molecule has 1 aliphatic carbocycles. The summed E-state index contributed by atoms with van der Waals surface area (Å²) in [6.07, 6.45) is 2.60. The fourth-order valence-electron chi connectivity index (χ4n) is 3.51. The maximum atomic E-state index is 13.7. The van der Waals surface area contributed by atoms with Gasteiger partial charge in [-0.3, -0.25) is 4.79 Å². The Kier molecular flexibility index (Phi) is 4.02. The van der Waals surface area contributed by atoms with Crippen LogP contribution in [0, 0.1) is 11.8 Å². The van der Waals surface area contributed by atoms with E-state index in [1.165, 1.54) is 6.92 Å². The number of nitrogens with two attached hydrogens (primary N) is 1. The van der Waals surface area contributed by atoms with Gasteiger partial charge in [0.25, 0.3) is 11.8 Å². The molecule has 4 nitrogen and oxygen atoms in total. The highest BCUT2D eigenvalue weighted by molar-refractivity contribution is 5.98. The quantitative estimate of drug-likeness (QED) is 0.910. The Morgan fingerprint density at radius 3 is 2.83 bits per heavy atom. The van der Waals surface area contributed by atoms with Crippen LogP contribution in [-0.4, -0.2) is 29.9 Å². The molecule has 2 heterocycles. The van der Waals surface area contributed by atoms with Crippen molar-refractivity contribution in [1.29, 1.82) is 0 Å². The molecule has 0 aromatic carbocycles. The lowest BCUT2D eigenvalue weighted by Gasteiger charge is -2.38. The van der Waals surface area contributed by atoms with Gasteiger partial charge in [-0.2, -0.15) is 0 Å². The molecule has 2 unspecified atom stereocenters. The monoisotopic (exact) mass is 323 g/mol. The zero-order chi connectivity index (χ0) is 16.8. The molecule has 6 heteroatoms. The Morgan fingerprint density at radius 2 is 2.17 bits per heavy atom. The van der Waals surface area contributed by atoms with Crippen molar-refractivity contribution in [3.05, 3.63) is 22.9 Å². The summed E-state index contributed by atoms with van der Waals surface area (Å²) in [6.45, 7) is 4.10. The second kappa shape index (κ2) is 5.73. The van der Waals surface area contributed by atoms with Gasteiger partial charge >= 0.3 is 0 Å². The fraction of sp³-hybridized carbons (Fsp3) is 0.647. The van der Waals surface area contributed by atoms with Crippen LogP contribution in [0.5, 0.6) is 0 Å². The number of halogens is 2. The Hall–Kier alpha value is -1.72. The number of carbonyl (C=O) groups excluding carboxylic acids is 1. The van der Waals surface area contributed by atoms with Crippen LogP contribution in [0.2, 0.25) is 0 Å². The van der Waals surface area contributed by atoms with Gasteiger partial charge in [0.15, 0.2) is 0 Å². The smallest absolute Gasteiger partial charge is 0.254 e. The summed E-state index contributed by atoms with van der Waals surface area (Å²) in [5, 5.41) is 0. The predicted molar refractivity (Wildman–Crippen MR) is 84.9 cm³/mol. The molecule has 0 bridgehead atoms. The molecule has 2 N–H and O–H groups in total. The first-order chi connectivity index (χ1) is 10.8. The number of hydrogen-bond acceptors (Lipinski definition) is 3. The summed E-state index contributed by atoms with van der Waals surface area (Å²) >= 11 is 0. The minimum atomic E-state index is -2.66. The number of carbonyl (C=O) groups is 1. The van der Waals surface area contributed by atoms with Gasteiger partial charge in [0, 0.05) is 31.1 Å². The Morgan fingerprint density at radius 1 is 1.43 bits per heavy atom. The van der Waals surface area contributed by atoms with Crippen molar-refractivity contribution in [3.63, 3.8) is 0 Å². The van der Waals surface area contributed by atoms with Gasteiger partial charge < -0.3 is 10.6 Å². The second-order valence-electron chi connectivity index (χ2n) is 7.04. The Labute approximate surface area is 135 Å². The lowest BCUT2D eigenvalue weighted by molar-refractivity contribution is -0.0652. The Balaban J connectivity index is 1.97. The van der Waals surface area contributed by atoms with Gasteiger partial charge in [0.1, 0.15) is 5.82 Å². The van der Waals surface area contributed by atoms with Crippen LogP contribution in [0.4, 0.5) is 14.6 Å². The van der Waals surface area contributed by atoms with Gasteiger partial charge in [-0.05, 0) is 36.8 Å². The first-order valence-corrected chi connectivity index (χ1v) is 8.23. The number of rotatable bonds is 2. The lowest BCUT2D eigenvalue weighted by atomic mass is 9.87. The molecule has 1 amide bonds. The largest absolute Gasteiger partial charge is 0.365 e. The fourth-order valence-corrected chi connectivity index (χ4v) is 3.51. The van der Waals surface area contributed by atoms with Crippen molar-refractivity contribution < 1.29 is 13.6 Å². The van der Waals surface area contributed by atoms with Crippen molar-refractivity contribution >= 4 is 11.7 Å². The standard InChI is InChI=1S/C17H23F2N3O/c1-10-3-4-12-8-13(15(20)23)16(21-14(12)7-10)22-6-5-17(18,19)11(2)9-22/h8,10-11H,3-7,9H2,1-2H3,(H2,20,23). The molecule has 1 aliphatic heterocycles. The third-order valence-electron chi connectivity index (χ3n) is 5.11. The number of nitrogens with zero attached hydrogens (tertiary/aromatic N) is 2. The van der Waals surface area contributed by atoms with E-state index >= 15 is 0 Å². The third kappa shape index (κ3) is 3.03. The summed E-state index contributed by atoms with van der Waals surface area (Å²) in [7, 11) is 0. The van der Waals surface area contributed by atoms with Gasteiger partial charge in [-0.1, -0.05) is 13.8 Å². The lowest BCUT2D eigenvalue weighted by Crippen LogP contribution is -2.47. The molecular formula is C17H23F2N3O. The molecule has 3 rings (SSSR count). The average molecular weight is 323 g/mol. The highest BCUT2D eigenvalue weighted by atomic mass is 19.3. The molecule has 1 saturated heterocycles. The molecule has 0 saturated carbocycles. The number of anilines is 1. The van der Waals surface area contributed by atoms with Crippen LogP contribution in [0.3, 0.4) is 0 Å². The van der Waals surface area contributed by atoms with E-state index in [-0.39, 0.29) is 19.5 Å². The van der Waals surface area contributed by atoms with E-state index in [0.717, 1.165) is 30.5 Å². The van der Waals surface area contributed by atoms with E-state index < -0.39 is 17.7 Å². The van der Waals surface area contributed by atoms with Crippen molar-refractivity contribution in [2.24, 2.45) is 17.6 Å². The van der Waals surface area contributed by atoms with Crippen molar-refractivity contribution in [3.8, 4) is 0 Å². The molecule has 23 heavy (non-hydrogen) atoms. The Bertz CT molecular complexity index is 633. The minimum absolute atomic E-state index is 0.189. The van der Waals surface area contributed by atoms with Crippen LogP contribution in [0.25, 0.3) is 0 Å². The molecular weight excluding hydrogens is 300 g/mol. The highest BCUT2D eigenvalue weighted by Crippen LogP contribution is 2.36. The topological polar surface area (TPSA) is 59.2 Å². The van der Waals surface area contributed by atoms with Gasteiger partial charge in [-0.25, -0.2) is 13.8 Å². The van der Waals surface area contributed by atoms with Crippen LogP contribution < -0.4 is 10.6 Å². The molecule has 1 fully saturated rings. The molecule has 126 valence electrons. The number of fused-ring (bicyclic) bond motifs is 1. The SMILES string of the molecule is CC1CCc2cc(C(N)=O)c(N3CCC(F)(F)C(C)C3)nc2C1. The molecule has 0 radical (unpaired) electrons. The molecule has 2 atom stereocenters. The summed E-state index contributed by atoms with van der Waals surface area (Å²) in [6, 6.07) is 1.82. The van der Waals surface area contributed by atoms with Crippen LogP contribution in [0.15, 0.2) is 6.07 Å². The third-order valence-corrected chi connectivity index (χ3v) is 5.11. The van der Waals surface area contributed by atoms with E-state index in [9.17, 15) is 13.6 Å². The zero-order valence-electron chi connectivity index (χ0n) is 13.6. The van der Waals surface area contributed by atoms with Crippen LogP contribution >= 0.6 is 0 Å². The molecule has 1 aromatic heterocycles. The number of aryl methyl sites for hydroxylation is 1. The number of alkyl halides is 2. The number of piperidine rings is 1. The zero-order valence-corrected chi connectivity index (χ0v) is 13.6. The van der Waals surface area contributed by atoms with E-state index in [2.05, 4.69) is 11.9 Å². The maximum absolute atomic E-state index is 13.7. The average Bonchev–Trinajstić information content (AvgIpc) is 2.48.